The highest BCUT2D eigenvalue weighted by atomic mass is 16.5. The van der Waals surface area contributed by atoms with Gasteiger partial charge in [0.1, 0.15) is 12.1 Å². The highest BCUT2D eigenvalue weighted by Gasteiger charge is 2.43. The Morgan fingerprint density at radius 2 is 1.86 bits per heavy atom. The molecule has 3 atom stereocenters. The predicted molar refractivity (Wildman–Crippen MR) is 166 cm³/mol. The van der Waals surface area contributed by atoms with Crippen molar-refractivity contribution in [3.05, 3.63) is 47.7 Å². The van der Waals surface area contributed by atoms with Crippen LogP contribution in [0, 0.1) is 11.3 Å². The van der Waals surface area contributed by atoms with Crippen molar-refractivity contribution in [1.29, 1.82) is 0 Å². The quantitative estimate of drug-likeness (QED) is 0.300. The maximum atomic E-state index is 13.9. The zero-order chi connectivity index (χ0) is 32.0. The lowest BCUT2D eigenvalue weighted by Crippen LogP contribution is -2.60. The number of nitrogens with zero attached hydrogens (tertiary/aromatic N) is 2. The SMILES string of the molecule is CCc1ccc2ccc(/C=C/[C@]3(C(=O)OC(C(=O)N[C@@H](C)C(=O)N4CCC[C@@H](C(N)=O)N4)C(C)C)CC[C@@H](O)CC3)cc2n1. The van der Waals surface area contributed by atoms with Crippen LogP contribution in [0.3, 0.4) is 0 Å². The summed E-state index contributed by atoms with van der Waals surface area (Å²) in [6, 6.07) is 8.40. The second-order valence-electron chi connectivity index (χ2n) is 12.3. The summed E-state index contributed by atoms with van der Waals surface area (Å²) in [4.78, 5) is 56.6. The number of aliphatic hydroxyl groups is 1. The van der Waals surface area contributed by atoms with Gasteiger partial charge in [0.2, 0.25) is 5.91 Å². The van der Waals surface area contributed by atoms with E-state index in [4.69, 9.17) is 15.5 Å². The zero-order valence-electron chi connectivity index (χ0n) is 26.0. The summed E-state index contributed by atoms with van der Waals surface area (Å²) in [5.41, 5.74) is 9.94. The molecule has 1 aromatic carbocycles. The third-order valence-electron chi connectivity index (χ3n) is 8.61. The normalized spacial score (nSPS) is 23.8. The summed E-state index contributed by atoms with van der Waals surface area (Å²) in [7, 11) is 0. The van der Waals surface area contributed by atoms with E-state index < -0.39 is 53.4 Å². The van der Waals surface area contributed by atoms with Crippen LogP contribution in [0.25, 0.3) is 17.0 Å². The van der Waals surface area contributed by atoms with Crippen LogP contribution in [0.1, 0.15) is 77.5 Å². The van der Waals surface area contributed by atoms with Crippen molar-refractivity contribution in [3.8, 4) is 0 Å². The number of nitrogens with one attached hydrogen (secondary N) is 2. The molecule has 1 aromatic heterocycles. The number of esters is 1. The molecular formula is C33H45N5O6. The molecule has 3 amide bonds. The lowest BCUT2D eigenvalue weighted by atomic mass is 9.72. The molecule has 5 N–H and O–H groups in total. The van der Waals surface area contributed by atoms with Crippen molar-refractivity contribution in [3.63, 3.8) is 0 Å². The summed E-state index contributed by atoms with van der Waals surface area (Å²) >= 11 is 0. The lowest BCUT2D eigenvalue weighted by molar-refractivity contribution is -0.168. The van der Waals surface area contributed by atoms with Crippen LogP contribution < -0.4 is 16.5 Å². The zero-order valence-corrected chi connectivity index (χ0v) is 26.0. The van der Waals surface area contributed by atoms with Gasteiger partial charge in [-0.25, -0.2) is 5.43 Å². The molecule has 1 unspecified atom stereocenters. The van der Waals surface area contributed by atoms with Gasteiger partial charge in [0.15, 0.2) is 6.10 Å². The van der Waals surface area contributed by atoms with Crippen LogP contribution >= 0.6 is 0 Å². The molecule has 1 saturated carbocycles. The number of carbonyl (C=O) groups is 4. The number of aryl methyl sites for hydroxylation is 1. The largest absolute Gasteiger partial charge is 0.451 e. The number of nitrogens with two attached hydrogens (primary N) is 1. The highest BCUT2D eigenvalue weighted by Crippen LogP contribution is 2.40. The Hall–Kier alpha value is -3.83. The number of aromatic nitrogens is 1. The van der Waals surface area contributed by atoms with E-state index in [1.807, 2.05) is 42.5 Å². The molecule has 238 valence electrons. The number of pyridine rings is 1. The molecular weight excluding hydrogens is 562 g/mol. The molecule has 11 nitrogen and oxygen atoms in total. The molecule has 44 heavy (non-hydrogen) atoms. The van der Waals surface area contributed by atoms with Gasteiger partial charge in [-0.05, 0) is 75.5 Å². The number of hydrogen-bond donors (Lipinski definition) is 4. The first-order valence-corrected chi connectivity index (χ1v) is 15.6. The second kappa shape index (κ2) is 14.3. The van der Waals surface area contributed by atoms with Gasteiger partial charge in [0.25, 0.3) is 11.8 Å². The third-order valence-corrected chi connectivity index (χ3v) is 8.61. The first kappa shape index (κ1) is 33.1. The fourth-order valence-corrected chi connectivity index (χ4v) is 5.76. The van der Waals surface area contributed by atoms with Gasteiger partial charge in [0, 0.05) is 17.6 Å². The average molecular weight is 608 g/mol. The van der Waals surface area contributed by atoms with E-state index in [-0.39, 0.29) is 5.92 Å². The van der Waals surface area contributed by atoms with Crippen molar-refractivity contribution >= 4 is 40.7 Å². The Labute approximate surface area is 258 Å². The van der Waals surface area contributed by atoms with E-state index in [9.17, 15) is 24.3 Å². The second-order valence-corrected chi connectivity index (χ2v) is 12.3. The van der Waals surface area contributed by atoms with Crippen molar-refractivity contribution in [2.45, 2.75) is 96.9 Å². The lowest BCUT2D eigenvalue weighted by Gasteiger charge is -2.36. The van der Waals surface area contributed by atoms with Crippen LogP contribution in [0.15, 0.2) is 36.4 Å². The minimum absolute atomic E-state index is 0.372. The number of aliphatic hydroxyl groups excluding tert-OH is 1. The van der Waals surface area contributed by atoms with E-state index in [0.29, 0.717) is 45.1 Å². The number of fused-ring (bicyclic) bond motifs is 1. The summed E-state index contributed by atoms with van der Waals surface area (Å²) in [5.74, 6) is -2.47. The molecule has 0 bridgehead atoms. The minimum atomic E-state index is -1.14. The predicted octanol–water partition coefficient (Wildman–Crippen LogP) is 2.79. The summed E-state index contributed by atoms with van der Waals surface area (Å²) < 4.78 is 5.92. The molecule has 0 spiro atoms. The topological polar surface area (TPSA) is 164 Å². The monoisotopic (exact) mass is 607 g/mol. The Morgan fingerprint density at radius 1 is 1.16 bits per heavy atom. The van der Waals surface area contributed by atoms with Gasteiger partial charge in [0.05, 0.1) is 17.0 Å². The van der Waals surface area contributed by atoms with Crippen LogP contribution in [-0.4, -0.2) is 69.6 Å². The number of ether oxygens (including phenoxy) is 1. The molecule has 2 heterocycles. The third kappa shape index (κ3) is 7.81. The number of amides is 3. The molecule has 1 saturated heterocycles. The van der Waals surface area contributed by atoms with Gasteiger partial charge in [-0.15, -0.1) is 0 Å². The standard InChI is InChI=1S/C33H45N5O6/c1-5-24-11-10-23-9-8-22(19-27(23)36-24)12-15-33(16-13-25(39)14-17-33)32(43)44-28(20(2)3)30(41)35-21(4)31(42)38-18-6-7-26(37-38)29(34)40/h8-12,15,19-21,25-26,28,37,39H,5-7,13-14,16-18H2,1-4H3,(H2,34,40)(H,35,41)/b15-12+/t21-,25-,26-,28?,33+/m0/s1. The van der Waals surface area contributed by atoms with E-state index >= 15 is 0 Å². The molecule has 2 aliphatic rings. The smallest absolute Gasteiger partial charge is 0.316 e. The maximum Gasteiger partial charge on any atom is 0.316 e. The van der Waals surface area contributed by atoms with Gasteiger partial charge >= 0.3 is 5.97 Å². The molecule has 1 aliphatic carbocycles. The summed E-state index contributed by atoms with van der Waals surface area (Å²) in [5, 5.41) is 15.2. The summed E-state index contributed by atoms with van der Waals surface area (Å²) in [6.07, 6.45) is 5.63. The highest BCUT2D eigenvalue weighted by molar-refractivity contribution is 5.91. The fraction of sp³-hybridized carbons (Fsp3) is 0.545. The molecule has 11 heteroatoms. The number of rotatable bonds is 10. The number of primary amides is 1. The van der Waals surface area contributed by atoms with Crippen molar-refractivity contribution in [2.24, 2.45) is 17.1 Å². The molecule has 0 radical (unpaired) electrons. The van der Waals surface area contributed by atoms with E-state index in [1.165, 1.54) is 5.01 Å². The Kier molecular flexibility index (Phi) is 10.7. The van der Waals surface area contributed by atoms with Gasteiger partial charge in [-0.3, -0.25) is 29.2 Å². The Balaban J connectivity index is 1.49. The van der Waals surface area contributed by atoms with E-state index in [0.717, 1.165) is 28.6 Å². The maximum absolute atomic E-state index is 13.9. The van der Waals surface area contributed by atoms with Gasteiger partial charge < -0.3 is 20.9 Å². The molecule has 4 rings (SSSR count). The summed E-state index contributed by atoms with van der Waals surface area (Å²) in [6.45, 7) is 7.52. The van der Waals surface area contributed by atoms with Crippen LogP contribution in [0.2, 0.25) is 0 Å². The fourth-order valence-electron chi connectivity index (χ4n) is 5.76. The van der Waals surface area contributed by atoms with Crippen molar-refractivity contribution < 1.29 is 29.0 Å². The number of carbonyl (C=O) groups excluding carboxylic acids is 4. The van der Waals surface area contributed by atoms with Crippen LogP contribution in [-0.2, 0) is 30.3 Å². The van der Waals surface area contributed by atoms with Crippen LogP contribution in [0.5, 0.6) is 0 Å². The number of hydrazine groups is 1. The molecule has 2 aromatic rings. The van der Waals surface area contributed by atoms with Crippen molar-refractivity contribution in [2.75, 3.05) is 6.54 Å². The van der Waals surface area contributed by atoms with E-state index in [1.54, 1.807) is 20.8 Å². The van der Waals surface area contributed by atoms with Crippen molar-refractivity contribution in [1.82, 2.24) is 20.7 Å². The van der Waals surface area contributed by atoms with E-state index in [2.05, 4.69) is 17.7 Å². The minimum Gasteiger partial charge on any atom is -0.451 e. The van der Waals surface area contributed by atoms with Gasteiger partial charge in [-0.1, -0.05) is 51.1 Å². The first-order chi connectivity index (χ1) is 20.9. The first-order valence-electron chi connectivity index (χ1n) is 15.6. The van der Waals surface area contributed by atoms with Crippen LogP contribution in [0.4, 0.5) is 0 Å². The number of hydrogen-bond acceptors (Lipinski definition) is 8. The Morgan fingerprint density at radius 3 is 2.52 bits per heavy atom. The van der Waals surface area contributed by atoms with Gasteiger partial charge in [-0.2, -0.15) is 0 Å². The molecule has 2 fully saturated rings. The average Bonchev–Trinajstić information content (AvgIpc) is 3.02. The Bertz CT molecular complexity index is 1400. The number of benzene rings is 1. The molecule has 1 aliphatic heterocycles.